The van der Waals surface area contributed by atoms with Crippen molar-refractivity contribution in [1.82, 2.24) is 5.32 Å². The molecule has 1 aliphatic carbocycles. The molecule has 2 rings (SSSR count). The summed E-state index contributed by atoms with van der Waals surface area (Å²) in [5, 5.41) is 7.94. The van der Waals surface area contributed by atoms with Crippen LogP contribution in [0.3, 0.4) is 0 Å². The van der Waals surface area contributed by atoms with Crippen LogP contribution in [0, 0.1) is 6.92 Å². The maximum absolute atomic E-state index is 3.42. The zero-order chi connectivity index (χ0) is 8.60. The number of nitrogens with one attached hydrogen (secondary N) is 1. The van der Waals surface area contributed by atoms with Gasteiger partial charge >= 0.3 is 0 Å². The first-order valence-electron chi connectivity index (χ1n) is 4.46. The van der Waals surface area contributed by atoms with E-state index in [0.29, 0.717) is 5.54 Å². The molecular formula is C10H15NS. The van der Waals surface area contributed by atoms with Gasteiger partial charge in [-0.25, -0.2) is 0 Å². The number of thiophene rings is 1. The van der Waals surface area contributed by atoms with E-state index in [9.17, 15) is 0 Å². The van der Waals surface area contributed by atoms with Crippen molar-refractivity contribution in [3.63, 3.8) is 0 Å². The molecule has 0 bridgehead atoms. The monoisotopic (exact) mass is 181 g/mol. The van der Waals surface area contributed by atoms with Gasteiger partial charge in [-0.05, 0) is 55.1 Å². The van der Waals surface area contributed by atoms with Gasteiger partial charge in [-0.2, -0.15) is 11.3 Å². The molecule has 0 radical (unpaired) electrons. The lowest BCUT2D eigenvalue weighted by Crippen LogP contribution is -2.29. The molecule has 2 heteroatoms. The van der Waals surface area contributed by atoms with Crippen molar-refractivity contribution >= 4 is 11.3 Å². The Hall–Kier alpha value is -0.340. The van der Waals surface area contributed by atoms with E-state index in [2.05, 4.69) is 30.0 Å². The average molecular weight is 181 g/mol. The molecule has 0 saturated heterocycles. The minimum absolute atomic E-state index is 0.464. The number of aryl methyl sites for hydroxylation is 1. The highest BCUT2D eigenvalue weighted by atomic mass is 32.1. The van der Waals surface area contributed by atoms with Gasteiger partial charge in [-0.15, -0.1) is 0 Å². The lowest BCUT2D eigenvalue weighted by molar-refractivity contribution is 0.548. The molecule has 0 amide bonds. The van der Waals surface area contributed by atoms with Crippen LogP contribution in [0.2, 0.25) is 0 Å². The van der Waals surface area contributed by atoms with Gasteiger partial charge in [0.05, 0.1) is 0 Å². The van der Waals surface area contributed by atoms with Gasteiger partial charge in [0.2, 0.25) is 0 Å². The Balaban J connectivity index is 2.08. The van der Waals surface area contributed by atoms with Gasteiger partial charge in [0.15, 0.2) is 0 Å². The summed E-state index contributed by atoms with van der Waals surface area (Å²) in [4.78, 5) is 0. The Bertz CT molecular complexity index is 273. The predicted octanol–water partition coefficient (Wildman–Crippen LogP) is 2.35. The topological polar surface area (TPSA) is 12.0 Å². The molecule has 1 aromatic rings. The lowest BCUT2D eigenvalue weighted by Gasteiger charge is -2.13. The molecular weight excluding hydrogens is 166 g/mol. The van der Waals surface area contributed by atoms with E-state index < -0.39 is 0 Å². The van der Waals surface area contributed by atoms with E-state index in [1.165, 1.54) is 30.4 Å². The Morgan fingerprint density at radius 1 is 1.50 bits per heavy atom. The SMILES string of the molecule is CNC1(Cc2cscc2C)CC1. The molecule has 1 heterocycles. The van der Waals surface area contributed by atoms with E-state index in [1.807, 2.05) is 11.3 Å². The van der Waals surface area contributed by atoms with Gasteiger partial charge in [0, 0.05) is 5.54 Å². The molecule has 0 spiro atoms. The fraction of sp³-hybridized carbons (Fsp3) is 0.600. The second kappa shape index (κ2) is 2.86. The molecule has 66 valence electrons. The van der Waals surface area contributed by atoms with Gasteiger partial charge < -0.3 is 5.32 Å². The maximum atomic E-state index is 3.42. The van der Waals surface area contributed by atoms with Crippen molar-refractivity contribution in [2.24, 2.45) is 0 Å². The summed E-state index contributed by atoms with van der Waals surface area (Å²) in [5.74, 6) is 0. The molecule has 1 aromatic heterocycles. The summed E-state index contributed by atoms with van der Waals surface area (Å²) in [6, 6.07) is 0. The average Bonchev–Trinajstić information content (AvgIpc) is 2.74. The van der Waals surface area contributed by atoms with E-state index in [1.54, 1.807) is 0 Å². The van der Waals surface area contributed by atoms with Crippen LogP contribution < -0.4 is 5.32 Å². The third-order valence-electron chi connectivity index (χ3n) is 2.87. The Labute approximate surface area is 77.8 Å². The van der Waals surface area contributed by atoms with Crippen molar-refractivity contribution < 1.29 is 0 Å². The van der Waals surface area contributed by atoms with Crippen LogP contribution in [-0.4, -0.2) is 12.6 Å². The fourth-order valence-electron chi connectivity index (χ4n) is 1.60. The number of rotatable bonds is 3. The molecule has 0 atom stereocenters. The van der Waals surface area contributed by atoms with Crippen LogP contribution in [0.4, 0.5) is 0 Å². The largest absolute Gasteiger partial charge is 0.314 e. The fourth-order valence-corrected chi connectivity index (χ4v) is 2.46. The van der Waals surface area contributed by atoms with Crippen LogP contribution in [-0.2, 0) is 6.42 Å². The molecule has 1 fully saturated rings. The number of hydrogen-bond acceptors (Lipinski definition) is 2. The van der Waals surface area contributed by atoms with Crippen LogP contribution in [0.1, 0.15) is 24.0 Å². The second-order valence-corrected chi connectivity index (χ2v) is 4.53. The van der Waals surface area contributed by atoms with Crippen molar-refractivity contribution in [1.29, 1.82) is 0 Å². The van der Waals surface area contributed by atoms with Crippen molar-refractivity contribution in [2.75, 3.05) is 7.05 Å². The standard InChI is InChI=1S/C10H15NS/c1-8-6-12-7-9(8)5-10(11-2)3-4-10/h6-7,11H,3-5H2,1-2H3. The summed E-state index contributed by atoms with van der Waals surface area (Å²) >= 11 is 1.82. The van der Waals surface area contributed by atoms with E-state index >= 15 is 0 Å². The van der Waals surface area contributed by atoms with E-state index in [-0.39, 0.29) is 0 Å². The van der Waals surface area contributed by atoms with Crippen LogP contribution in [0.5, 0.6) is 0 Å². The third kappa shape index (κ3) is 1.41. The summed E-state index contributed by atoms with van der Waals surface area (Å²) in [7, 11) is 2.08. The molecule has 12 heavy (non-hydrogen) atoms. The zero-order valence-electron chi connectivity index (χ0n) is 7.68. The summed E-state index contributed by atoms with van der Waals surface area (Å²) in [6.07, 6.45) is 3.91. The van der Waals surface area contributed by atoms with Crippen LogP contribution >= 0.6 is 11.3 Å². The smallest absolute Gasteiger partial charge is 0.0220 e. The van der Waals surface area contributed by atoms with Crippen molar-refractivity contribution in [3.8, 4) is 0 Å². The highest BCUT2D eigenvalue weighted by molar-refractivity contribution is 7.08. The molecule has 1 aliphatic rings. The summed E-state index contributed by atoms with van der Waals surface area (Å²) in [6.45, 7) is 2.21. The van der Waals surface area contributed by atoms with Crippen LogP contribution in [0.15, 0.2) is 10.8 Å². The highest BCUT2D eigenvalue weighted by Crippen LogP contribution is 2.39. The summed E-state index contributed by atoms with van der Waals surface area (Å²) in [5.41, 5.74) is 3.46. The van der Waals surface area contributed by atoms with E-state index in [0.717, 1.165) is 0 Å². The van der Waals surface area contributed by atoms with Gasteiger partial charge in [-0.1, -0.05) is 0 Å². The van der Waals surface area contributed by atoms with Crippen LogP contribution in [0.25, 0.3) is 0 Å². The van der Waals surface area contributed by atoms with Crippen molar-refractivity contribution in [2.45, 2.75) is 31.7 Å². The summed E-state index contributed by atoms with van der Waals surface area (Å²) < 4.78 is 0. The predicted molar refractivity (Wildman–Crippen MR) is 53.8 cm³/mol. The number of likely N-dealkylation sites (N-methyl/N-ethyl adjacent to an activating group) is 1. The van der Waals surface area contributed by atoms with Gasteiger partial charge in [-0.3, -0.25) is 0 Å². The van der Waals surface area contributed by atoms with Gasteiger partial charge in [0.1, 0.15) is 0 Å². The first-order chi connectivity index (χ1) is 5.76. The minimum atomic E-state index is 0.464. The zero-order valence-corrected chi connectivity index (χ0v) is 8.50. The molecule has 1 nitrogen and oxygen atoms in total. The molecule has 1 N–H and O–H groups in total. The molecule has 0 aromatic carbocycles. The Morgan fingerprint density at radius 2 is 2.25 bits per heavy atom. The Morgan fingerprint density at radius 3 is 2.67 bits per heavy atom. The first-order valence-corrected chi connectivity index (χ1v) is 5.41. The maximum Gasteiger partial charge on any atom is 0.0220 e. The second-order valence-electron chi connectivity index (χ2n) is 3.79. The minimum Gasteiger partial charge on any atom is -0.314 e. The normalized spacial score (nSPS) is 19.5. The molecule has 1 saturated carbocycles. The molecule has 0 unspecified atom stereocenters. The quantitative estimate of drug-likeness (QED) is 0.755. The molecule has 0 aliphatic heterocycles. The lowest BCUT2D eigenvalue weighted by atomic mass is 10.0. The Kier molecular flexibility index (Phi) is 1.97. The van der Waals surface area contributed by atoms with Crippen molar-refractivity contribution in [3.05, 3.63) is 21.9 Å². The first kappa shape index (κ1) is 8.27. The van der Waals surface area contributed by atoms with Gasteiger partial charge in [0.25, 0.3) is 0 Å². The van der Waals surface area contributed by atoms with E-state index in [4.69, 9.17) is 0 Å². The third-order valence-corrected chi connectivity index (χ3v) is 3.78. The number of hydrogen-bond donors (Lipinski definition) is 1. The highest BCUT2D eigenvalue weighted by Gasteiger charge is 2.41.